The average Bonchev–Trinajstić information content (AvgIpc) is 2.97. The minimum Gasteiger partial charge on any atom is -0.373 e. The minimum absolute atomic E-state index is 0.0910. The van der Waals surface area contributed by atoms with Gasteiger partial charge in [-0.1, -0.05) is 60.1 Å². The first-order valence-electron chi connectivity index (χ1n) is 9.80. The number of carbonyl (C=O) groups is 1. The van der Waals surface area contributed by atoms with Crippen molar-refractivity contribution in [3.8, 4) is 0 Å². The van der Waals surface area contributed by atoms with Crippen LogP contribution in [0.3, 0.4) is 0 Å². The summed E-state index contributed by atoms with van der Waals surface area (Å²) >= 11 is 6.12. The van der Waals surface area contributed by atoms with E-state index in [-0.39, 0.29) is 5.78 Å². The third kappa shape index (κ3) is 3.38. The zero-order chi connectivity index (χ0) is 21.3. The number of allylic oxidation sites excluding steroid dienone is 1. The van der Waals surface area contributed by atoms with E-state index in [0.29, 0.717) is 21.9 Å². The Morgan fingerprint density at radius 3 is 2.10 bits per heavy atom. The molecule has 1 aliphatic rings. The van der Waals surface area contributed by atoms with E-state index < -0.39 is 11.8 Å². The standard InChI is InChI=1S/C25H23ClN2O2/c1-17-23(18(2)29)24(27-21-9-5-3-6-10-21)25(30,19-13-15-20(26)16-14-19)28(17)22-11-7-4-8-12-22/h3-16,24,27,30H,1-2H3. The van der Waals surface area contributed by atoms with Crippen LogP contribution in [0.1, 0.15) is 19.4 Å². The van der Waals surface area contributed by atoms with Crippen LogP contribution in [0.2, 0.25) is 5.02 Å². The molecule has 0 aromatic heterocycles. The lowest BCUT2D eigenvalue weighted by Crippen LogP contribution is -2.52. The van der Waals surface area contributed by atoms with Crippen LogP contribution in [-0.2, 0) is 10.5 Å². The van der Waals surface area contributed by atoms with Crippen molar-refractivity contribution < 1.29 is 9.90 Å². The smallest absolute Gasteiger partial charge is 0.193 e. The Hall–Kier alpha value is -3.08. The van der Waals surface area contributed by atoms with Gasteiger partial charge in [0.1, 0.15) is 6.04 Å². The number of anilines is 2. The van der Waals surface area contributed by atoms with Gasteiger partial charge >= 0.3 is 0 Å². The van der Waals surface area contributed by atoms with E-state index in [0.717, 1.165) is 11.4 Å². The number of halogens is 1. The normalized spacial score (nSPS) is 21.1. The van der Waals surface area contributed by atoms with Crippen LogP contribution in [0.5, 0.6) is 0 Å². The van der Waals surface area contributed by atoms with Gasteiger partial charge in [0.15, 0.2) is 11.5 Å². The molecule has 30 heavy (non-hydrogen) atoms. The molecule has 5 heteroatoms. The highest BCUT2D eigenvalue weighted by Crippen LogP contribution is 2.47. The zero-order valence-corrected chi connectivity index (χ0v) is 17.6. The summed E-state index contributed by atoms with van der Waals surface area (Å²) in [5.74, 6) is -0.0910. The molecule has 0 fully saturated rings. The van der Waals surface area contributed by atoms with E-state index in [9.17, 15) is 9.90 Å². The predicted molar refractivity (Wildman–Crippen MR) is 122 cm³/mol. The van der Waals surface area contributed by atoms with E-state index in [2.05, 4.69) is 5.32 Å². The second kappa shape index (κ2) is 7.98. The number of Topliss-reactive ketones (excluding diaryl/α,β-unsaturated/α-hetero) is 1. The Kier molecular flexibility index (Phi) is 5.37. The van der Waals surface area contributed by atoms with Crippen molar-refractivity contribution in [2.45, 2.75) is 25.6 Å². The fraction of sp³-hybridized carbons (Fsp3) is 0.160. The molecule has 1 aliphatic heterocycles. The number of hydrogen-bond donors (Lipinski definition) is 2. The number of rotatable bonds is 5. The van der Waals surface area contributed by atoms with E-state index in [1.54, 1.807) is 24.3 Å². The Bertz CT molecular complexity index is 1080. The monoisotopic (exact) mass is 418 g/mol. The first-order valence-corrected chi connectivity index (χ1v) is 10.2. The van der Waals surface area contributed by atoms with Gasteiger partial charge in [-0.2, -0.15) is 0 Å². The van der Waals surface area contributed by atoms with Crippen molar-refractivity contribution >= 4 is 28.8 Å². The van der Waals surface area contributed by atoms with Crippen LogP contribution in [0, 0.1) is 0 Å². The quantitative estimate of drug-likeness (QED) is 0.586. The molecule has 0 aliphatic carbocycles. The molecule has 4 rings (SSSR count). The van der Waals surface area contributed by atoms with Crippen LogP contribution in [0.25, 0.3) is 0 Å². The molecule has 0 saturated carbocycles. The van der Waals surface area contributed by atoms with Crippen LogP contribution in [0.15, 0.2) is 96.2 Å². The van der Waals surface area contributed by atoms with Gasteiger partial charge in [-0.15, -0.1) is 0 Å². The zero-order valence-electron chi connectivity index (χ0n) is 16.8. The summed E-state index contributed by atoms with van der Waals surface area (Å²) in [6.45, 7) is 3.41. The minimum atomic E-state index is -1.53. The van der Waals surface area contributed by atoms with Crippen LogP contribution in [0.4, 0.5) is 11.4 Å². The summed E-state index contributed by atoms with van der Waals surface area (Å²) < 4.78 is 0. The Labute approximate surface area is 181 Å². The molecule has 2 unspecified atom stereocenters. The molecule has 2 atom stereocenters. The number of carbonyl (C=O) groups excluding carboxylic acids is 1. The molecular weight excluding hydrogens is 396 g/mol. The summed E-state index contributed by atoms with van der Waals surface area (Å²) in [6.07, 6.45) is 0. The molecule has 152 valence electrons. The molecule has 3 aromatic carbocycles. The Morgan fingerprint density at radius 1 is 0.967 bits per heavy atom. The highest BCUT2D eigenvalue weighted by atomic mass is 35.5. The van der Waals surface area contributed by atoms with Gasteiger partial charge in [-0.3, -0.25) is 4.79 Å². The highest BCUT2D eigenvalue weighted by molar-refractivity contribution is 6.30. The van der Waals surface area contributed by atoms with E-state index in [4.69, 9.17) is 11.6 Å². The number of para-hydroxylation sites is 2. The highest BCUT2D eigenvalue weighted by Gasteiger charge is 2.54. The number of aliphatic hydroxyl groups is 1. The van der Waals surface area contributed by atoms with Crippen LogP contribution >= 0.6 is 11.6 Å². The first-order chi connectivity index (χ1) is 14.4. The second-order valence-corrected chi connectivity index (χ2v) is 7.84. The number of benzene rings is 3. The van der Waals surface area contributed by atoms with Crippen molar-refractivity contribution in [3.05, 3.63) is 107 Å². The van der Waals surface area contributed by atoms with Gasteiger partial charge in [0, 0.05) is 33.2 Å². The van der Waals surface area contributed by atoms with Crippen LogP contribution < -0.4 is 10.2 Å². The lowest BCUT2D eigenvalue weighted by Gasteiger charge is -2.41. The molecule has 4 nitrogen and oxygen atoms in total. The fourth-order valence-electron chi connectivity index (χ4n) is 4.21. The molecule has 0 saturated heterocycles. The van der Waals surface area contributed by atoms with Gasteiger partial charge in [-0.05, 0) is 50.2 Å². The Morgan fingerprint density at radius 2 is 1.53 bits per heavy atom. The lowest BCUT2D eigenvalue weighted by atomic mass is 9.90. The van der Waals surface area contributed by atoms with Gasteiger partial charge < -0.3 is 15.3 Å². The van der Waals surface area contributed by atoms with Gasteiger partial charge in [-0.25, -0.2) is 0 Å². The maximum atomic E-state index is 12.8. The van der Waals surface area contributed by atoms with Crippen molar-refractivity contribution in [2.75, 3.05) is 10.2 Å². The molecule has 0 amide bonds. The number of nitrogens with zero attached hydrogens (tertiary/aromatic N) is 1. The van der Waals surface area contributed by atoms with E-state index in [1.807, 2.05) is 72.5 Å². The summed E-state index contributed by atoms with van der Waals surface area (Å²) in [4.78, 5) is 14.6. The van der Waals surface area contributed by atoms with Gasteiger partial charge in [0.05, 0.1) is 0 Å². The van der Waals surface area contributed by atoms with Crippen molar-refractivity contribution in [1.29, 1.82) is 0 Å². The Balaban J connectivity index is 1.94. The van der Waals surface area contributed by atoms with Gasteiger partial charge in [0.2, 0.25) is 0 Å². The molecule has 1 heterocycles. The maximum Gasteiger partial charge on any atom is 0.193 e. The number of hydrogen-bond acceptors (Lipinski definition) is 4. The second-order valence-electron chi connectivity index (χ2n) is 7.40. The summed E-state index contributed by atoms with van der Waals surface area (Å²) in [7, 11) is 0. The number of nitrogens with one attached hydrogen (secondary N) is 1. The molecule has 3 aromatic rings. The van der Waals surface area contributed by atoms with E-state index in [1.165, 1.54) is 6.92 Å². The summed E-state index contributed by atoms with van der Waals surface area (Å²) in [5, 5.41) is 16.3. The van der Waals surface area contributed by atoms with Crippen molar-refractivity contribution in [1.82, 2.24) is 0 Å². The predicted octanol–water partition coefficient (Wildman–Crippen LogP) is 5.35. The molecule has 0 bridgehead atoms. The topological polar surface area (TPSA) is 52.6 Å². The van der Waals surface area contributed by atoms with Gasteiger partial charge in [0.25, 0.3) is 0 Å². The molecular formula is C25H23ClN2O2. The summed E-state index contributed by atoms with van der Waals surface area (Å²) in [5.41, 5.74) is 1.96. The average molecular weight is 419 g/mol. The SMILES string of the molecule is CC(=O)C1=C(C)N(c2ccccc2)C(O)(c2ccc(Cl)cc2)C1Nc1ccccc1. The van der Waals surface area contributed by atoms with Crippen molar-refractivity contribution in [3.63, 3.8) is 0 Å². The number of ketones is 1. The third-order valence-electron chi connectivity index (χ3n) is 5.50. The molecule has 0 spiro atoms. The third-order valence-corrected chi connectivity index (χ3v) is 5.76. The fourth-order valence-corrected chi connectivity index (χ4v) is 4.33. The van der Waals surface area contributed by atoms with Crippen molar-refractivity contribution in [2.24, 2.45) is 0 Å². The van der Waals surface area contributed by atoms with E-state index >= 15 is 0 Å². The maximum absolute atomic E-state index is 12.8. The first kappa shape index (κ1) is 20.2. The molecule has 2 N–H and O–H groups in total. The van der Waals surface area contributed by atoms with Crippen LogP contribution in [-0.4, -0.2) is 16.9 Å². The lowest BCUT2D eigenvalue weighted by molar-refractivity contribution is -0.114. The summed E-state index contributed by atoms with van der Waals surface area (Å²) in [6, 6.07) is 25.6. The largest absolute Gasteiger partial charge is 0.373 e. The molecule has 0 radical (unpaired) electrons.